The zero-order valence-electron chi connectivity index (χ0n) is 22.4. The second-order valence-electron chi connectivity index (χ2n) is 8.84. The van der Waals surface area contributed by atoms with Gasteiger partial charge in [-0.2, -0.15) is 0 Å². The van der Waals surface area contributed by atoms with E-state index in [1.807, 2.05) is 0 Å². The number of hydrogen-bond acceptors (Lipinski definition) is 3. The molecule has 0 saturated carbocycles. The first-order chi connectivity index (χ1) is 17.0. The van der Waals surface area contributed by atoms with Gasteiger partial charge in [-0.1, -0.05) is 41.9 Å². The molecule has 0 N–H and O–H groups in total. The molecule has 0 unspecified atom stereocenters. The van der Waals surface area contributed by atoms with Crippen molar-refractivity contribution in [3.63, 3.8) is 0 Å². The van der Waals surface area contributed by atoms with Crippen molar-refractivity contribution in [1.29, 1.82) is 0 Å². The van der Waals surface area contributed by atoms with E-state index in [1.165, 1.54) is 28.2 Å². The second-order valence-corrected chi connectivity index (χ2v) is 9.25. The minimum atomic E-state index is 0.0739. The topological polar surface area (TPSA) is 9.72 Å². The molecule has 0 heterocycles. The molecule has 0 bridgehead atoms. The summed E-state index contributed by atoms with van der Waals surface area (Å²) in [6.07, 6.45) is 0. The fourth-order valence-corrected chi connectivity index (χ4v) is 5.30. The van der Waals surface area contributed by atoms with Crippen LogP contribution >= 0.6 is 11.6 Å². The van der Waals surface area contributed by atoms with Gasteiger partial charge in [-0.15, -0.1) is 0 Å². The molecule has 35 heavy (non-hydrogen) atoms. The molecular weight excluding hydrogens is 450 g/mol. The maximum Gasteiger partial charge on any atom is 0.0468 e. The second kappa shape index (κ2) is 12.9. The Morgan fingerprint density at radius 1 is 0.514 bits per heavy atom. The molecule has 0 amide bonds. The number of benzene rings is 3. The summed E-state index contributed by atoms with van der Waals surface area (Å²) >= 11 is 6.99. The number of rotatable bonds is 12. The monoisotopic (exact) mass is 491 g/mol. The molecule has 0 aliphatic heterocycles. The van der Waals surface area contributed by atoms with Crippen LogP contribution in [0.5, 0.6) is 0 Å². The van der Waals surface area contributed by atoms with Gasteiger partial charge in [-0.25, -0.2) is 0 Å². The lowest BCUT2D eigenvalue weighted by Gasteiger charge is -2.26. The zero-order chi connectivity index (χ0) is 25.4. The highest BCUT2D eigenvalue weighted by atomic mass is 35.5. The SMILES string of the molecule is CCN(CC)c1ccc(C(c2ccc(N(CC)CC)cc2)c2ccc(N(CC)CC)cc2Cl)cc1. The first kappa shape index (κ1) is 26.9. The lowest BCUT2D eigenvalue weighted by molar-refractivity contribution is 0.861. The Kier molecular flexibility index (Phi) is 9.92. The molecule has 4 heteroatoms. The van der Waals surface area contributed by atoms with Crippen LogP contribution in [-0.4, -0.2) is 39.3 Å². The van der Waals surface area contributed by atoms with Crippen molar-refractivity contribution < 1.29 is 0 Å². The van der Waals surface area contributed by atoms with Crippen LogP contribution in [0, 0.1) is 0 Å². The molecule has 3 rings (SSSR count). The zero-order valence-corrected chi connectivity index (χ0v) is 23.1. The first-order valence-corrected chi connectivity index (χ1v) is 13.6. The summed E-state index contributed by atoms with van der Waals surface area (Å²) in [4.78, 5) is 7.09. The third-order valence-corrected chi connectivity index (χ3v) is 7.46. The third kappa shape index (κ3) is 6.13. The predicted molar refractivity (Wildman–Crippen MR) is 156 cm³/mol. The Bertz CT molecular complexity index is 978. The fraction of sp³-hybridized carbons (Fsp3) is 0.419. The Labute approximate surface area is 218 Å². The van der Waals surface area contributed by atoms with Gasteiger partial charge in [0.15, 0.2) is 0 Å². The van der Waals surface area contributed by atoms with Gasteiger partial charge in [-0.05, 0) is 94.6 Å². The van der Waals surface area contributed by atoms with Gasteiger partial charge >= 0.3 is 0 Å². The van der Waals surface area contributed by atoms with Crippen LogP contribution in [0.15, 0.2) is 66.7 Å². The maximum atomic E-state index is 6.99. The van der Waals surface area contributed by atoms with Crippen LogP contribution in [-0.2, 0) is 0 Å². The molecule has 3 aromatic carbocycles. The minimum absolute atomic E-state index is 0.0739. The van der Waals surface area contributed by atoms with Crippen LogP contribution in [0.3, 0.4) is 0 Å². The number of anilines is 3. The van der Waals surface area contributed by atoms with Crippen LogP contribution in [0.4, 0.5) is 17.1 Å². The molecule has 0 aliphatic carbocycles. The van der Waals surface area contributed by atoms with E-state index in [-0.39, 0.29) is 5.92 Å². The van der Waals surface area contributed by atoms with E-state index in [9.17, 15) is 0 Å². The van der Waals surface area contributed by atoms with E-state index < -0.39 is 0 Å². The Hall–Kier alpha value is -2.65. The summed E-state index contributed by atoms with van der Waals surface area (Å²) in [6.45, 7) is 19.1. The average molecular weight is 492 g/mol. The highest BCUT2D eigenvalue weighted by molar-refractivity contribution is 6.31. The highest BCUT2D eigenvalue weighted by Crippen LogP contribution is 2.39. The highest BCUT2D eigenvalue weighted by Gasteiger charge is 2.21. The quantitative estimate of drug-likeness (QED) is 0.237. The van der Waals surface area contributed by atoms with Gasteiger partial charge in [0.2, 0.25) is 0 Å². The molecule has 0 fully saturated rings. The van der Waals surface area contributed by atoms with Gasteiger partial charge in [0, 0.05) is 67.3 Å². The van der Waals surface area contributed by atoms with Crippen LogP contribution in [0.2, 0.25) is 5.02 Å². The molecule has 0 saturated heterocycles. The predicted octanol–water partition coefficient (Wildman–Crippen LogP) is 8.06. The Balaban J connectivity index is 2.08. The fourth-order valence-electron chi connectivity index (χ4n) is 5.02. The van der Waals surface area contributed by atoms with E-state index >= 15 is 0 Å². The van der Waals surface area contributed by atoms with Gasteiger partial charge in [0.1, 0.15) is 0 Å². The van der Waals surface area contributed by atoms with Crippen molar-refractivity contribution in [2.75, 3.05) is 54.0 Å². The van der Waals surface area contributed by atoms with Gasteiger partial charge < -0.3 is 14.7 Å². The number of halogens is 1. The summed E-state index contributed by atoms with van der Waals surface area (Å²) in [6, 6.07) is 24.6. The molecule has 188 valence electrons. The molecule has 0 radical (unpaired) electrons. The lowest BCUT2D eigenvalue weighted by Crippen LogP contribution is -2.22. The summed E-state index contributed by atoms with van der Waals surface area (Å²) < 4.78 is 0. The minimum Gasteiger partial charge on any atom is -0.372 e. The van der Waals surface area contributed by atoms with Crippen LogP contribution in [0.25, 0.3) is 0 Å². The van der Waals surface area contributed by atoms with Crippen molar-refractivity contribution in [3.05, 3.63) is 88.4 Å². The van der Waals surface area contributed by atoms with Gasteiger partial charge in [0.25, 0.3) is 0 Å². The van der Waals surface area contributed by atoms with E-state index in [4.69, 9.17) is 11.6 Å². The van der Waals surface area contributed by atoms with Gasteiger partial charge in [0.05, 0.1) is 0 Å². The van der Waals surface area contributed by atoms with Crippen LogP contribution in [0.1, 0.15) is 64.2 Å². The van der Waals surface area contributed by atoms with E-state index in [0.29, 0.717) is 0 Å². The molecule has 0 spiro atoms. The third-order valence-electron chi connectivity index (χ3n) is 7.13. The average Bonchev–Trinajstić information content (AvgIpc) is 2.89. The number of nitrogens with zero attached hydrogens (tertiary/aromatic N) is 3. The standard InChI is InChI=1S/C31H42ClN3/c1-7-33(8-2)26-17-13-24(14-18-26)31(25-15-19-27(20-16-25)34(9-3)10-4)29-22-21-28(23-30(29)32)35(11-5)12-6/h13-23,31H,7-12H2,1-6H3. The molecule has 3 nitrogen and oxygen atoms in total. The maximum absolute atomic E-state index is 6.99. The largest absolute Gasteiger partial charge is 0.372 e. The van der Waals surface area contributed by atoms with E-state index in [2.05, 4.69) is 123 Å². The van der Waals surface area contributed by atoms with Crippen molar-refractivity contribution in [3.8, 4) is 0 Å². The first-order valence-electron chi connectivity index (χ1n) is 13.2. The number of hydrogen-bond donors (Lipinski definition) is 0. The molecule has 0 atom stereocenters. The summed E-state index contributed by atoms with van der Waals surface area (Å²) in [7, 11) is 0. The summed E-state index contributed by atoms with van der Waals surface area (Å²) in [5, 5.41) is 0.819. The Morgan fingerprint density at radius 2 is 0.857 bits per heavy atom. The van der Waals surface area contributed by atoms with Crippen molar-refractivity contribution in [1.82, 2.24) is 0 Å². The molecular formula is C31H42ClN3. The van der Waals surface area contributed by atoms with Crippen molar-refractivity contribution in [2.24, 2.45) is 0 Å². The normalized spacial score (nSPS) is 11.1. The van der Waals surface area contributed by atoms with Crippen LogP contribution < -0.4 is 14.7 Å². The molecule has 0 aliphatic rings. The lowest BCUT2D eigenvalue weighted by atomic mass is 9.84. The Morgan fingerprint density at radius 3 is 1.20 bits per heavy atom. The van der Waals surface area contributed by atoms with Gasteiger partial charge in [-0.3, -0.25) is 0 Å². The smallest absolute Gasteiger partial charge is 0.0468 e. The summed E-state index contributed by atoms with van der Waals surface area (Å²) in [5.41, 5.74) is 7.36. The molecule has 0 aromatic heterocycles. The molecule has 3 aromatic rings. The van der Waals surface area contributed by atoms with E-state index in [0.717, 1.165) is 49.9 Å². The summed E-state index contributed by atoms with van der Waals surface area (Å²) in [5.74, 6) is 0.0739. The van der Waals surface area contributed by atoms with E-state index in [1.54, 1.807) is 0 Å². The van der Waals surface area contributed by atoms with Crippen molar-refractivity contribution >= 4 is 28.7 Å². The van der Waals surface area contributed by atoms with Crippen molar-refractivity contribution in [2.45, 2.75) is 47.5 Å².